The predicted octanol–water partition coefficient (Wildman–Crippen LogP) is 23.3. The van der Waals surface area contributed by atoms with E-state index in [0.717, 1.165) is 122 Å². The summed E-state index contributed by atoms with van der Waals surface area (Å²) in [5.41, 5.74) is 21.6. The van der Waals surface area contributed by atoms with E-state index in [9.17, 15) is 13.5 Å². The number of hydrogen-bond donors (Lipinski definition) is 0. The van der Waals surface area contributed by atoms with Crippen molar-refractivity contribution in [2.75, 3.05) is 9.80 Å². The summed E-state index contributed by atoms with van der Waals surface area (Å²) in [7, 11) is 0. The molecule has 0 amide bonds. The van der Waals surface area contributed by atoms with Crippen LogP contribution in [-0.2, 0) is 27.1 Å². The second-order valence-electron chi connectivity index (χ2n) is 32.4. The van der Waals surface area contributed by atoms with Crippen molar-refractivity contribution < 1.29 is 11.0 Å². The molecule has 5 nitrogen and oxygen atoms in total. The Morgan fingerprint density at radius 2 is 0.808 bits per heavy atom. The highest BCUT2D eigenvalue weighted by Crippen LogP contribution is 2.54. The van der Waals surface area contributed by atoms with Crippen molar-refractivity contribution in [3.05, 3.63) is 282 Å². The molecule has 0 saturated heterocycles. The van der Waals surface area contributed by atoms with E-state index in [1.54, 1.807) is 4.57 Å². The van der Waals surface area contributed by atoms with Crippen LogP contribution < -0.4 is 26.2 Å². The zero-order chi connectivity index (χ0) is 75.9. The summed E-state index contributed by atoms with van der Waals surface area (Å²) in [6.45, 7) is 33.3. The molecule has 0 N–H and O–H groups in total. The molecule has 0 radical (unpaired) electrons. The molecule has 2 aromatic heterocycles. The van der Waals surface area contributed by atoms with Crippen LogP contribution in [0.25, 0.3) is 88.4 Å². The summed E-state index contributed by atoms with van der Waals surface area (Å²) in [4.78, 5) is 4.81. The van der Waals surface area contributed by atoms with Gasteiger partial charge < -0.3 is 18.9 Å². The van der Waals surface area contributed by atoms with Crippen LogP contribution in [0.15, 0.2) is 249 Å². The fourth-order valence-corrected chi connectivity index (χ4v) is 15.3. The molecule has 0 aliphatic carbocycles. The zero-order valence-electron chi connectivity index (χ0n) is 67.4. The SMILES string of the molecule is [2H]c1c([2H])c([2H])c2c(c1[2H])c1c([2H])c([2H])c([2H])c([2H])c1n2-c1ccc2c(c1)N(c1c(-c3ccccc3)cc(C(C)(C)C)cc1-c1cccc(C(C)(C)C)c1)c1cc(C(C)(C)C)cc3c1B2c1ccc(-c2cc(C(C)(C)C)cc(C(C)(C)C)c2)cc1N3c1cccc(-n2c3ccccc3c3ccccc32)c1C#N. The maximum absolute atomic E-state index is 12.4. The van der Waals surface area contributed by atoms with Gasteiger partial charge in [-0.1, -0.05) is 274 Å². The third-order valence-electron chi connectivity index (χ3n) is 20.7. The lowest BCUT2D eigenvalue weighted by Gasteiger charge is -2.46. The summed E-state index contributed by atoms with van der Waals surface area (Å²) >= 11 is 0. The Balaban J connectivity index is 1.11. The normalized spacial score (nSPS) is 14.5. The molecule has 2 aliphatic heterocycles. The van der Waals surface area contributed by atoms with Crippen LogP contribution in [0.4, 0.5) is 34.1 Å². The van der Waals surface area contributed by atoms with Gasteiger partial charge in [0.1, 0.15) is 11.6 Å². The van der Waals surface area contributed by atoms with E-state index in [2.05, 4.69) is 312 Å². The molecule has 2 aliphatic rings. The first-order chi connectivity index (χ1) is 50.6. The quantitative estimate of drug-likeness (QED) is 0.149. The minimum Gasteiger partial charge on any atom is -0.310 e. The Hall–Kier alpha value is -10.6. The fourth-order valence-electron chi connectivity index (χ4n) is 15.3. The van der Waals surface area contributed by atoms with Gasteiger partial charge in [0, 0.05) is 61.1 Å². The van der Waals surface area contributed by atoms with Crippen LogP contribution in [-0.4, -0.2) is 15.8 Å². The monoisotopic (exact) mass is 1290 g/mol. The summed E-state index contributed by atoms with van der Waals surface area (Å²) in [5.74, 6) is 0. The van der Waals surface area contributed by atoms with E-state index in [4.69, 9.17) is 2.74 Å². The zero-order valence-corrected chi connectivity index (χ0v) is 59.4. The van der Waals surface area contributed by atoms with Crippen molar-refractivity contribution in [3.63, 3.8) is 0 Å². The molecule has 4 heterocycles. The Morgan fingerprint density at radius 3 is 1.39 bits per heavy atom. The Labute approximate surface area is 596 Å². The number of nitrogens with zero attached hydrogens (tertiary/aromatic N) is 5. The van der Waals surface area contributed by atoms with Crippen molar-refractivity contribution in [1.82, 2.24) is 9.13 Å². The average molecular weight is 1290 g/mol. The van der Waals surface area contributed by atoms with E-state index in [1.165, 1.54) is 11.1 Å². The third-order valence-corrected chi connectivity index (χ3v) is 20.7. The molecule has 0 bridgehead atoms. The second kappa shape index (κ2) is 22.7. The molecule has 0 saturated carbocycles. The molecule has 12 aromatic carbocycles. The van der Waals surface area contributed by atoms with Crippen molar-refractivity contribution >= 4 is 101 Å². The summed E-state index contributed by atoms with van der Waals surface area (Å²) in [6.07, 6.45) is 0. The number of hydrogen-bond acceptors (Lipinski definition) is 3. The first-order valence-electron chi connectivity index (χ1n) is 38.7. The summed E-state index contributed by atoms with van der Waals surface area (Å²) in [6, 6.07) is 71.4. The molecule has 486 valence electrons. The largest absolute Gasteiger partial charge is 0.310 e. The minimum atomic E-state index is -0.527. The van der Waals surface area contributed by atoms with Gasteiger partial charge in [-0.15, -0.1) is 0 Å². The van der Waals surface area contributed by atoms with Gasteiger partial charge in [0.25, 0.3) is 6.71 Å². The second-order valence-corrected chi connectivity index (χ2v) is 32.4. The van der Waals surface area contributed by atoms with Gasteiger partial charge in [0.2, 0.25) is 0 Å². The van der Waals surface area contributed by atoms with Crippen molar-refractivity contribution in [2.24, 2.45) is 0 Å². The standard InChI is InChI=1S/C93H86BN5/c1-89(2,3)62-32-27-31-60(47-62)73-53-65(92(10,11)12)52-72(58-29-17-16-18-30-58)88(73)99-84-56-67(96-77-37-23-19-33-68(77)69-34-20-24-38-78(69)96)44-46-76(84)94-75-45-43-59(61-48-63(90(4,5)6)51-64(49-61)91(7,8)9)50-83(75)98(85-54-66(93(13,14)15)55-86(99)87(85)94)82-42-28-41-81(74(82)57-95)97-79-39-25-21-35-70(79)71-36-22-26-40-80(71)97/h16-56H,1-15H3/i19D,20D,23D,24D,33D,34D,37D,38D. The van der Waals surface area contributed by atoms with Crippen molar-refractivity contribution in [2.45, 2.75) is 131 Å². The highest BCUT2D eigenvalue weighted by molar-refractivity contribution is 7.00. The van der Waals surface area contributed by atoms with Crippen LogP contribution in [0.2, 0.25) is 0 Å². The van der Waals surface area contributed by atoms with Crippen LogP contribution in [0.5, 0.6) is 0 Å². The van der Waals surface area contributed by atoms with Gasteiger partial charge in [0.05, 0.1) is 50.1 Å². The molecular weight excluding hydrogens is 1200 g/mol. The number of nitriles is 1. The minimum absolute atomic E-state index is 0.00116. The first kappa shape index (κ1) is 54.4. The molecular formula is C93H86BN5. The first-order valence-corrected chi connectivity index (χ1v) is 34.7. The summed E-state index contributed by atoms with van der Waals surface area (Å²) < 4.78 is 79.3. The Kier molecular flexibility index (Phi) is 12.5. The number of para-hydroxylation sites is 4. The van der Waals surface area contributed by atoms with Crippen molar-refractivity contribution in [3.8, 4) is 50.8 Å². The number of aromatic nitrogens is 2. The lowest BCUT2D eigenvalue weighted by atomic mass is 9.33. The molecule has 14 aromatic rings. The predicted molar refractivity (Wildman–Crippen MR) is 424 cm³/mol. The lowest BCUT2D eigenvalue weighted by Crippen LogP contribution is -2.61. The van der Waals surface area contributed by atoms with Crippen molar-refractivity contribution in [1.29, 1.82) is 5.26 Å². The molecule has 16 rings (SSSR count). The Morgan fingerprint density at radius 1 is 0.333 bits per heavy atom. The molecule has 0 spiro atoms. The lowest BCUT2D eigenvalue weighted by molar-refractivity contribution is 0.569. The van der Waals surface area contributed by atoms with E-state index < -0.39 is 48.4 Å². The molecule has 99 heavy (non-hydrogen) atoms. The van der Waals surface area contributed by atoms with Gasteiger partial charge >= 0.3 is 0 Å². The van der Waals surface area contributed by atoms with Crippen LogP contribution in [0, 0.1) is 11.3 Å². The van der Waals surface area contributed by atoms with Crippen LogP contribution in [0.1, 0.15) is 148 Å². The van der Waals surface area contributed by atoms with Crippen LogP contribution in [0.3, 0.4) is 0 Å². The smallest absolute Gasteiger partial charge is 0.252 e. The fraction of sp³-hybridized carbons (Fsp3) is 0.215. The van der Waals surface area contributed by atoms with Crippen LogP contribution >= 0.6 is 0 Å². The average Bonchev–Trinajstić information content (AvgIpc) is 1.23. The van der Waals surface area contributed by atoms with Gasteiger partial charge in [-0.2, -0.15) is 5.26 Å². The number of anilines is 6. The molecule has 0 atom stereocenters. The number of rotatable bonds is 7. The van der Waals surface area contributed by atoms with Gasteiger partial charge in [-0.3, -0.25) is 0 Å². The van der Waals surface area contributed by atoms with E-state index >= 15 is 0 Å². The molecule has 0 unspecified atom stereocenters. The maximum atomic E-state index is 12.4. The number of benzene rings is 12. The highest BCUT2D eigenvalue weighted by Gasteiger charge is 2.46. The molecule has 0 fully saturated rings. The maximum Gasteiger partial charge on any atom is 0.252 e. The van der Waals surface area contributed by atoms with Gasteiger partial charge in [0.15, 0.2) is 0 Å². The number of fused-ring (bicyclic) bond motifs is 10. The Bertz CT molecular complexity index is 6020. The van der Waals surface area contributed by atoms with E-state index in [-0.39, 0.29) is 55.6 Å². The topological polar surface area (TPSA) is 40.1 Å². The van der Waals surface area contributed by atoms with E-state index in [0.29, 0.717) is 16.9 Å². The third kappa shape index (κ3) is 10.4. The van der Waals surface area contributed by atoms with Gasteiger partial charge in [-0.05, 0) is 172 Å². The van der Waals surface area contributed by atoms with Gasteiger partial charge in [-0.25, -0.2) is 0 Å². The van der Waals surface area contributed by atoms with E-state index in [1.807, 2.05) is 12.1 Å². The summed E-state index contributed by atoms with van der Waals surface area (Å²) in [5, 5.41) is 14.5. The highest BCUT2D eigenvalue weighted by atomic mass is 15.2. The molecule has 6 heteroatoms.